The average molecular weight is 201 g/mol. The maximum atomic E-state index is 9.03. The molecular formula is C9H13ClN2O. The van der Waals surface area contributed by atoms with Gasteiger partial charge in [-0.2, -0.15) is 0 Å². The van der Waals surface area contributed by atoms with Gasteiger partial charge in [0.15, 0.2) is 0 Å². The van der Waals surface area contributed by atoms with Crippen LogP contribution in [0.15, 0.2) is 12.1 Å². The molecule has 0 aromatic heterocycles. The maximum Gasteiger partial charge on any atom is 0.0685 e. The van der Waals surface area contributed by atoms with Crippen LogP contribution < -0.4 is 11.5 Å². The highest BCUT2D eigenvalue weighted by atomic mass is 35.5. The van der Waals surface area contributed by atoms with Crippen LogP contribution in [0, 0.1) is 0 Å². The van der Waals surface area contributed by atoms with Crippen LogP contribution in [0.2, 0.25) is 5.02 Å². The topological polar surface area (TPSA) is 72.3 Å². The second-order valence-electron chi connectivity index (χ2n) is 2.98. The second kappa shape index (κ2) is 3.96. The van der Waals surface area contributed by atoms with Gasteiger partial charge < -0.3 is 16.6 Å². The summed E-state index contributed by atoms with van der Waals surface area (Å²) in [5, 5.41) is 9.50. The minimum atomic E-state index is -0.221. The lowest BCUT2D eigenvalue weighted by Crippen LogP contribution is -2.11. The Bertz CT molecular complexity index is 313. The van der Waals surface area contributed by atoms with Crippen molar-refractivity contribution in [1.82, 2.24) is 0 Å². The molecule has 5 N–H and O–H groups in total. The fraction of sp³-hybridized carbons (Fsp3) is 0.333. The molecule has 0 saturated carbocycles. The number of aliphatic hydroxyl groups excluding tert-OH is 1. The van der Waals surface area contributed by atoms with Gasteiger partial charge in [0.25, 0.3) is 0 Å². The molecular weight excluding hydrogens is 188 g/mol. The molecule has 3 nitrogen and oxygen atoms in total. The minimum Gasteiger partial charge on any atom is -0.397 e. The van der Waals surface area contributed by atoms with Crippen molar-refractivity contribution >= 4 is 17.3 Å². The van der Waals surface area contributed by atoms with E-state index in [1.165, 1.54) is 0 Å². The first-order valence-corrected chi connectivity index (χ1v) is 4.39. The van der Waals surface area contributed by atoms with Crippen LogP contribution in [-0.4, -0.2) is 5.11 Å². The van der Waals surface area contributed by atoms with Crippen LogP contribution in [0.3, 0.4) is 0 Å². The Morgan fingerprint density at radius 1 is 1.54 bits per heavy atom. The number of nitrogens with two attached hydrogens (primary N) is 2. The van der Waals surface area contributed by atoms with Crippen LogP contribution in [0.1, 0.15) is 24.1 Å². The third-order valence-corrected chi connectivity index (χ3v) is 2.28. The summed E-state index contributed by atoms with van der Waals surface area (Å²) in [7, 11) is 0. The van der Waals surface area contributed by atoms with Gasteiger partial charge in [0.1, 0.15) is 0 Å². The first-order chi connectivity index (χ1) is 6.07. The van der Waals surface area contributed by atoms with E-state index in [4.69, 9.17) is 28.2 Å². The number of hydrogen-bond donors (Lipinski definition) is 3. The highest BCUT2D eigenvalue weighted by molar-refractivity contribution is 6.33. The van der Waals surface area contributed by atoms with E-state index in [0.29, 0.717) is 10.7 Å². The van der Waals surface area contributed by atoms with Crippen LogP contribution >= 0.6 is 11.6 Å². The molecule has 0 unspecified atom stereocenters. The molecule has 0 saturated heterocycles. The zero-order valence-electron chi connectivity index (χ0n) is 7.42. The molecule has 4 heteroatoms. The lowest BCUT2D eigenvalue weighted by molar-refractivity contribution is 0.280. The van der Waals surface area contributed by atoms with E-state index in [1.54, 1.807) is 19.1 Å². The summed E-state index contributed by atoms with van der Waals surface area (Å²) < 4.78 is 0. The average Bonchev–Trinajstić information content (AvgIpc) is 2.08. The van der Waals surface area contributed by atoms with Crippen molar-refractivity contribution in [3.05, 3.63) is 28.3 Å². The number of rotatable bonds is 2. The predicted octanol–water partition coefficient (Wildman–Crippen LogP) is 1.43. The third kappa shape index (κ3) is 1.94. The van der Waals surface area contributed by atoms with Gasteiger partial charge in [-0.3, -0.25) is 0 Å². The Balaban J connectivity index is 3.32. The summed E-state index contributed by atoms with van der Waals surface area (Å²) in [5.41, 5.74) is 13.4. The Morgan fingerprint density at radius 3 is 2.62 bits per heavy atom. The molecule has 0 heterocycles. The number of anilines is 1. The second-order valence-corrected chi connectivity index (χ2v) is 3.39. The van der Waals surface area contributed by atoms with Crippen molar-refractivity contribution in [3.63, 3.8) is 0 Å². The molecule has 0 radical (unpaired) electrons. The fourth-order valence-electron chi connectivity index (χ4n) is 1.33. The van der Waals surface area contributed by atoms with Gasteiger partial charge in [-0.1, -0.05) is 17.7 Å². The van der Waals surface area contributed by atoms with Crippen molar-refractivity contribution < 1.29 is 5.11 Å². The first kappa shape index (κ1) is 10.3. The van der Waals surface area contributed by atoms with E-state index < -0.39 is 0 Å². The van der Waals surface area contributed by atoms with Crippen LogP contribution in [0.4, 0.5) is 5.69 Å². The third-order valence-electron chi connectivity index (χ3n) is 1.95. The standard InChI is InChI=1S/C9H13ClN2O/c1-5(11)8-6(4-13)2-3-7(10)9(8)12/h2-3,5,13H,4,11-12H2,1H3/t5-/m1/s1. The number of hydrogen-bond acceptors (Lipinski definition) is 3. The zero-order chi connectivity index (χ0) is 10.0. The zero-order valence-corrected chi connectivity index (χ0v) is 8.17. The van der Waals surface area contributed by atoms with Gasteiger partial charge in [-0.15, -0.1) is 0 Å². The van der Waals surface area contributed by atoms with Crippen LogP contribution in [-0.2, 0) is 6.61 Å². The lowest BCUT2D eigenvalue weighted by Gasteiger charge is -2.14. The molecule has 0 aliphatic carbocycles. The molecule has 0 fully saturated rings. The van der Waals surface area contributed by atoms with Crippen molar-refractivity contribution in [2.24, 2.45) is 5.73 Å². The van der Waals surface area contributed by atoms with Gasteiger partial charge in [-0.25, -0.2) is 0 Å². The van der Waals surface area contributed by atoms with E-state index in [-0.39, 0.29) is 12.6 Å². The van der Waals surface area contributed by atoms with E-state index in [0.717, 1.165) is 11.1 Å². The molecule has 1 rings (SSSR count). The van der Waals surface area contributed by atoms with Gasteiger partial charge in [0.05, 0.1) is 17.3 Å². The number of benzene rings is 1. The molecule has 0 bridgehead atoms. The Kier molecular flexibility index (Phi) is 3.14. The summed E-state index contributed by atoms with van der Waals surface area (Å²) in [6.07, 6.45) is 0. The molecule has 1 atom stereocenters. The van der Waals surface area contributed by atoms with Crippen molar-refractivity contribution in [1.29, 1.82) is 0 Å². The van der Waals surface area contributed by atoms with Gasteiger partial charge in [0, 0.05) is 6.04 Å². The molecule has 0 aliphatic heterocycles. The Morgan fingerprint density at radius 2 is 2.15 bits per heavy atom. The van der Waals surface area contributed by atoms with Crippen molar-refractivity contribution in [2.75, 3.05) is 5.73 Å². The fourth-order valence-corrected chi connectivity index (χ4v) is 1.50. The molecule has 1 aromatic carbocycles. The van der Waals surface area contributed by atoms with Gasteiger partial charge in [-0.05, 0) is 24.1 Å². The summed E-state index contributed by atoms with van der Waals surface area (Å²) in [6.45, 7) is 1.74. The summed E-state index contributed by atoms with van der Waals surface area (Å²) in [4.78, 5) is 0. The Hall–Kier alpha value is -0.770. The number of nitrogen functional groups attached to an aromatic ring is 1. The largest absolute Gasteiger partial charge is 0.397 e. The lowest BCUT2D eigenvalue weighted by atomic mass is 10.0. The summed E-state index contributed by atoms with van der Waals surface area (Å²) >= 11 is 5.82. The molecule has 72 valence electrons. The first-order valence-electron chi connectivity index (χ1n) is 4.01. The monoisotopic (exact) mass is 200 g/mol. The Labute approximate surface area is 82.3 Å². The van der Waals surface area contributed by atoms with E-state index in [1.807, 2.05) is 0 Å². The van der Waals surface area contributed by atoms with Crippen molar-refractivity contribution in [3.8, 4) is 0 Å². The highest BCUT2D eigenvalue weighted by Crippen LogP contribution is 2.29. The van der Waals surface area contributed by atoms with Crippen LogP contribution in [0.25, 0.3) is 0 Å². The van der Waals surface area contributed by atoms with Gasteiger partial charge in [0.2, 0.25) is 0 Å². The number of aliphatic hydroxyl groups is 1. The molecule has 0 amide bonds. The predicted molar refractivity (Wildman–Crippen MR) is 54.4 cm³/mol. The normalized spacial score (nSPS) is 12.9. The maximum absolute atomic E-state index is 9.03. The SMILES string of the molecule is C[C@@H](N)c1c(CO)ccc(Cl)c1N. The molecule has 1 aromatic rings. The molecule has 0 spiro atoms. The smallest absolute Gasteiger partial charge is 0.0685 e. The minimum absolute atomic E-state index is 0.0712. The highest BCUT2D eigenvalue weighted by Gasteiger charge is 2.12. The quantitative estimate of drug-likeness (QED) is 0.633. The van der Waals surface area contributed by atoms with Crippen molar-refractivity contribution in [2.45, 2.75) is 19.6 Å². The summed E-state index contributed by atoms with van der Waals surface area (Å²) in [6, 6.07) is 3.17. The molecule has 13 heavy (non-hydrogen) atoms. The summed E-state index contributed by atoms with van der Waals surface area (Å²) in [5.74, 6) is 0. The van der Waals surface area contributed by atoms with Crippen LogP contribution in [0.5, 0.6) is 0 Å². The van der Waals surface area contributed by atoms with E-state index in [9.17, 15) is 0 Å². The van der Waals surface area contributed by atoms with Gasteiger partial charge >= 0.3 is 0 Å². The van der Waals surface area contributed by atoms with E-state index in [2.05, 4.69) is 0 Å². The van der Waals surface area contributed by atoms with E-state index >= 15 is 0 Å². The molecule has 0 aliphatic rings. The number of halogens is 1.